The minimum atomic E-state index is -3.54. The molecule has 0 bridgehead atoms. The van der Waals surface area contributed by atoms with Gasteiger partial charge in [0.15, 0.2) is 0 Å². The molecule has 0 aliphatic heterocycles. The van der Waals surface area contributed by atoms with Crippen LogP contribution in [0.15, 0.2) is 12.7 Å². The highest BCUT2D eigenvalue weighted by Crippen LogP contribution is 1.86. The quantitative estimate of drug-likeness (QED) is 0.469. The highest BCUT2D eigenvalue weighted by molar-refractivity contribution is 8.12. The summed E-state index contributed by atoms with van der Waals surface area (Å²) in [6.45, 7) is 3.45. The average molecular weight is 156 g/mol. The summed E-state index contributed by atoms with van der Waals surface area (Å²) in [5, 5.41) is 0. The topological polar surface area (TPSA) is 46.2 Å². The molecule has 0 saturated carbocycles. The average Bonchev–Trinajstić information content (AvgIpc) is 1.59. The summed E-state index contributed by atoms with van der Waals surface area (Å²) < 4.78 is 22.0. The molecule has 0 aromatic carbocycles. The number of hydrogen-bond donors (Lipinski definition) is 1. The maximum absolute atomic E-state index is 10.00. The van der Waals surface area contributed by atoms with Crippen molar-refractivity contribution in [3.63, 3.8) is 0 Å². The van der Waals surface area contributed by atoms with Crippen LogP contribution in [-0.2, 0) is 9.24 Å². The van der Waals surface area contributed by atoms with E-state index in [1.165, 1.54) is 6.08 Å². The van der Waals surface area contributed by atoms with Gasteiger partial charge in [0.2, 0.25) is 0 Å². The van der Waals surface area contributed by atoms with E-state index in [0.29, 0.717) is 0 Å². The number of hydrogen-bond acceptors (Lipinski definition) is 2. The number of nitrogens with one attached hydrogen (secondary N) is 1. The number of rotatable bonds is 3. The molecule has 0 atom stereocenters. The first-order valence-corrected chi connectivity index (χ1v) is 4.17. The molecule has 0 spiro atoms. The molecule has 0 rings (SSSR count). The first-order chi connectivity index (χ1) is 3.56. The van der Waals surface area contributed by atoms with Crippen molar-refractivity contribution in [1.29, 1.82) is 0 Å². The van der Waals surface area contributed by atoms with Crippen LogP contribution in [0.4, 0.5) is 0 Å². The Kier molecular flexibility index (Phi) is 3.04. The van der Waals surface area contributed by atoms with E-state index in [2.05, 4.69) is 6.58 Å². The van der Waals surface area contributed by atoms with Crippen LogP contribution in [0.2, 0.25) is 0 Å². The highest BCUT2D eigenvalue weighted by Gasteiger charge is 1.97. The lowest BCUT2D eigenvalue weighted by Gasteiger charge is -1.90. The minimum absolute atomic E-state index is 0.172. The molecule has 5 heteroatoms. The molecule has 48 valence electrons. The molecular formula is C3H6ClNO2S. The van der Waals surface area contributed by atoms with E-state index in [1.54, 1.807) is 0 Å². The van der Waals surface area contributed by atoms with Crippen molar-refractivity contribution in [1.82, 2.24) is 4.72 Å². The normalized spacial score (nSPS) is 11.1. The Hall–Kier alpha value is -0.0600. The van der Waals surface area contributed by atoms with Crippen LogP contribution >= 0.6 is 10.7 Å². The fraction of sp³-hybridized carbons (Fsp3) is 0.333. The van der Waals surface area contributed by atoms with E-state index < -0.39 is 9.24 Å². The van der Waals surface area contributed by atoms with Gasteiger partial charge in [-0.2, -0.15) is 13.1 Å². The lowest BCUT2D eigenvalue weighted by Crippen LogP contribution is -2.17. The van der Waals surface area contributed by atoms with Gasteiger partial charge in [-0.25, -0.2) is 0 Å². The van der Waals surface area contributed by atoms with Crippen LogP contribution in [0, 0.1) is 0 Å². The molecule has 8 heavy (non-hydrogen) atoms. The third kappa shape index (κ3) is 5.94. The second-order valence-corrected chi connectivity index (χ2v) is 3.46. The first kappa shape index (κ1) is 7.94. The van der Waals surface area contributed by atoms with Crippen LogP contribution < -0.4 is 4.72 Å². The SMILES string of the molecule is C=CCNS(=O)(=O)Cl. The maximum Gasteiger partial charge on any atom is 0.297 e. The van der Waals surface area contributed by atoms with Crippen molar-refractivity contribution >= 4 is 19.9 Å². The summed E-state index contributed by atoms with van der Waals surface area (Å²) >= 11 is 0. The van der Waals surface area contributed by atoms with Gasteiger partial charge in [0.1, 0.15) is 0 Å². The predicted octanol–water partition coefficient (Wildman–Crippen LogP) is 0.246. The Morgan fingerprint density at radius 3 is 2.38 bits per heavy atom. The number of halogens is 1. The van der Waals surface area contributed by atoms with Crippen LogP contribution in [0.5, 0.6) is 0 Å². The maximum atomic E-state index is 10.00. The van der Waals surface area contributed by atoms with Gasteiger partial charge in [-0.05, 0) is 0 Å². The van der Waals surface area contributed by atoms with Gasteiger partial charge in [0.25, 0.3) is 9.24 Å². The van der Waals surface area contributed by atoms with Crippen molar-refractivity contribution < 1.29 is 8.42 Å². The van der Waals surface area contributed by atoms with Gasteiger partial charge in [-0.1, -0.05) is 6.08 Å². The molecule has 0 fully saturated rings. The fourth-order valence-corrected chi connectivity index (χ4v) is 0.664. The van der Waals surface area contributed by atoms with Crippen molar-refractivity contribution in [2.24, 2.45) is 0 Å². The molecule has 1 N–H and O–H groups in total. The molecule has 0 aromatic heterocycles. The van der Waals surface area contributed by atoms with Gasteiger partial charge < -0.3 is 0 Å². The molecule has 0 heterocycles. The van der Waals surface area contributed by atoms with Crippen LogP contribution in [-0.4, -0.2) is 15.0 Å². The van der Waals surface area contributed by atoms with Gasteiger partial charge in [0.05, 0.1) is 0 Å². The summed E-state index contributed by atoms with van der Waals surface area (Å²) in [5.74, 6) is 0. The fourth-order valence-electron chi connectivity index (χ4n) is 0.158. The molecular weight excluding hydrogens is 150 g/mol. The Morgan fingerprint density at radius 2 is 2.25 bits per heavy atom. The van der Waals surface area contributed by atoms with E-state index in [1.807, 2.05) is 4.72 Å². The molecule has 0 unspecified atom stereocenters. The molecule has 0 amide bonds. The van der Waals surface area contributed by atoms with Crippen molar-refractivity contribution in [3.05, 3.63) is 12.7 Å². The van der Waals surface area contributed by atoms with E-state index in [-0.39, 0.29) is 6.54 Å². The molecule has 0 saturated heterocycles. The summed E-state index contributed by atoms with van der Waals surface area (Å²) in [6, 6.07) is 0. The third-order valence-electron chi connectivity index (χ3n) is 0.400. The molecule has 0 aliphatic carbocycles. The summed E-state index contributed by atoms with van der Waals surface area (Å²) in [7, 11) is 1.19. The zero-order valence-electron chi connectivity index (χ0n) is 4.09. The van der Waals surface area contributed by atoms with E-state index >= 15 is 0 Å². The summed E-state index contributed by atoms with van der Waals surface area (Å²) in [6.07, 6.45) is 1.40. The van der Waals surface area contributed by atoms with Crippen molar-refractivity contribution in [3.8, 4) is 0 Å². The van der Waals surface area contributed by atoms with Gasteiger partial charge in [-0.3, -0.25) is 0 Å². The molecule has 3 nitrogen and oxygen atoms in total. The zero-order valence-corrected chi connectivity index (χ0v) is 5.67. The smallest absolute Gasteiger partial charge is 0.198 e. The first-order valence-electron chi connectivity index (χ1n) is 1.86. The molecule has 0 radical (unpaired) electrons. The highest BCUT2D eigenvalue weighted by atomic mass is 35.7. The lowest BCUT2D eigenvalue weighted by atomic mass is 10.7. The Bertz CT molecular complexity index is 162. The van der Waals surface area contributed by atoms with Crippen LogP contribution in [0.1, 0.15) is 0 Å². The lowest BCUT2D eigenvalue weighted by molar-refractivity contribution is 0.600. The van der Waals surface area contributed by atoms with E-state index in [4.69, 9.17) is 10.7 Å². The van der Waals surface area contributed by atoms with Crippen molar-refractivity contribution in [2.45, 2.75) is 0 Å². The van der Waals surface area contributed by atoms with Gasteiger partial charge >= 0.3 is 0 Å². The van der Waals surface area contributed by atoms with Crippen LogP contribution in [0.3, 0.4) is 0 Å². The third-order valence-corrected chi connectivity index (χ3v) is 1.24. The van der Waals surface area contributed by atoms with Crippen molar-refractivity contribution in [2.75, 3.05) is 6.54 Å². The standard InChI is InChI=1S/C3H6ClNO2S/c1-2-3-5-8(4,6)7/h2,5H,1,3H2. The minimum Gasteiger partial charge on any atom is -0.198 e. The summed E-state index contributed by atoms with van der Waals surface area (Å²) in [4.78, 5) is 0. The van der Waals surface area contributed by atoms with E-state index in [0.717, 1.165) is 0 Å². The Labute approximate surface area is 52.9 Å². The van der Waals surface area contributed by atoms with Gasteiger partial charge in [0, 0.05) is 17.2 Å². The summed E-state index contributed by atoms with van der Waals surface area (Å²) in [5.41, 5.74) is 0. The Morgan fingerprint density at radius 1 is 1.75 bits per heavy atom. The zero-order chi connectivity index (χ0) is 6.62. The van der Waals surface area contributed by atoms with E-state index in [9.17, 15) is 8.42 Å². The molecule has 0 aromatic rings. The second kappa shape index (κ2) is 3.06. The van der Waals surface area contributed by atoms with Crippen LogP contribution in [0.25, 0.3) is 0 Å². The largest absolute Gasteiger partial charge is 0.297 e. The predicted molar refractivity (Wildman–Crippen MR) is 33.0 cm³/mol. The second-order valence-electron chi connectivity index (χ2n) is 1.07. The Balaban J connectivity index is 3.57. The van der Waals surface area contributed by atoms with Gasteiger partial charge in [-0.15, -0.1) is 6.58 Å². The monoisotopic (exact) mass is 155 g/mol. The molecule has 0 aliphatic rings.